The highest BCUT2D eigenvalue weighted by molar-refractivity contribution is 6.14. The van der Waals surface area contributed by atoms with Crippen LogP contribution < -0.4 is 5.32 Å². The molecule has 3 rings (SSSR count). The lowest BCUT2D eigenvalue weighted by Crippen LogP contribution is -2.17. The topological polar surface area (TPSA) is 68.3 Å². The zero-order valence-corrected chi connectivity index (χ0v) is 13.2. The molecule has 2 aromatic carbocycles. The van der Waals surface area contributed by atoms with Gasteiger partial charge in [-0.15, -0.1) is 0 Å². The lowest BCUT2D eigenvalue weighted by atomic mass is 10.0. The monoisotopic (exact) mass is 320 g/mol. The van der Waals surface area contributed by atoms with Crippen LogP contribution in [0.1, 0.15) is 27.6 Å². The molecule has 1 amide bonds. The molecule has 5 heteroatoms. The molecule has 1 heterocycles. The number of anilines is 1. The van der Waals surface area contributed by atoms with Crippen molar-refractivity contribution in [2.75, 3.05) is 11.9 Å². The van der Waals surface area contributed by atoms with Crippen molar-refractivity contribution < 1.29 is 14.3 Å². The van der Waals surface area contributed by atoms with E-state index in [-0.39, 0.29) is 23.9 Å². The zero-order valence-electron chi connectivity index (χ0n) is 13.2. The van der Waals surface area contributed by atoms with Gasteiger partial charge in [0.1, 0.15) is 11.4 Å². The van der Waals surface area contributed by atoms with Gasteiger partial charge in [0.2, 0.25) is 0 Å². The summed E-state index contributed by atoms with van der Waals surface area (Å²) in [5.74, 6) is -0.649. The fourth-order valence-electron chi connectivity index (χ4n) is 2.48. The van der Waals surface area contributed by atoms with E-state index in [0.29, 0.717) is 5.56 Å². The van der Waals surface area contributed by atoms with E-state index in [1.165, 1.54) is 6.20 Å². The van der Waals surface area contributed by atoms with Crippen molar-refractivity contribution in [2.45, 2.75) is 6.92 Å². The van der Waals surface area contributed by atoms with E-state index in [0.717, 1.165) is 10.8 Å². The van der Waals surface area contributed by atoms with Gasteiger partial charge in [-0.05, 0) is 35.9 Å². The summed E-state index contributed by atoms with van der Waals surface area (Å²) in [5.41, 5.74) is 0.751. The minimum Gasteiger partial charge on any atom is -0.462 e. The van der Waals surface area contributed by atoms with Crippen molar-refractivity contribution in [3.05, 3.63) is 71.9 Å². The number of carbonyl (C=O) groups is 2. The molecule has 0 atom stereocenters. The molecule has 1 N–H and O–H groups in total. The third-order valence-corrected chi connectivity index (χ3v) is 3.57. The van der Waals surface area contributed by atoms with Gasteiger partial charge in [-0.1, -0.05) is 36.4 Å². The van der Waals surface area contributed by atoms with Gasteiger partial charge in [0.25, 0.3) is 5.91 Å². The lowest BCUT2D eigenvalue weighted by molar-refractivity contribution is 0.0527. The molecule has 0 bridgehead atoms. The molecular formula is C19H16N2O3. The van der Waals surface area contributed by atoms with Gasteiger partial charge in [-0.3, -0.25) is 4.79 Å². The van der Waals surface area contributed by atoms with E-state index in [1.54, 1.807) is 25.1 Å². The maximum atomic E-state index is 12.7. The number of benzene rings is 2. The largest absolute Gasteiger partial charge is 0.462 e. The van der Waals surface area contributed by atoms with Crippen molar-refractivity contribution in [1.29, 1.82) is 0 Å². The first-order valence-corrected chi connectivity index (χ1v) is 7.62. The highest BCUT2D eigenvalue weighted by atomic mass is 16.5. The Kier molecular flexibility index (Phi) is 4.52. The number of rotatable bonds is 4. The Morgan fingerprint density at radius 2 is 1.75 bits per heavy atom. The van der Waals surface area contributed by atoms with E-state index in [4.69, 9.17) is 4.74 Å². The second kappa shape index (κ2) is 6.91. The zero-order chi connectivity index (χ0) is 16.9. The molecule has 0 aliphatic rings. The molecule has 3 aromatic rings. The second-order valence-electron chi connectivity index (χ2n) is 5.10. The van der Waals surface area contributed by atoms with Gasteiger partial charge in [0.05, 0.1) is 6.61 Å². The molecular weight excluding hydrogens is 304 g/mol. The first kappa shape index (κ1) is 15.7. The average Bonchev–Trinajstić information content (AvgIpc) is 2.62. The maximum absolute atomic E-state index is 12.7. The van der Waals surface area contributed by atoms with E-state index in [9.17, 15) is 9.59 Å². The minimum absolute atomic E-state index is 0.189. The van der Waals surface area contributed by atoms with Crippen LogP contribution in [0.2, 0.25) is 0 Å². The summed E-state index contributed by atoms with van der Waals surface area (Å²) < 4.78 is 5.00. The number of aromatic nitrogens is 1. The Morgan fingerprint density at radius 3 is 2.58 bits per heavy atom. The third-order valence-electron chi connectivity index (χ3n) is 3.57. The highest BCUT2D eigenvalue weighted by Crippen LogP contribution is 2.20. The number of hydrogen-bond acceptors (Lipinski definition) is 4. The van der Waals surface area contributed by atoms with Crippen LogP contribution in [0.25, 0.3) is 10.8 Å². The van der Waals surface area contributed by atoms with Crippen molar-refractivity contribution >= 4 is 28.5 Å². The summed E-state index contributed by atoms with van der Waals surface area (Å²) in [4.78, 5) is 28.7. The van der Waals surface area contributed by atoms with Gasteiger partial charge in [0, 0.05) is 11.8 Å². The van der Waals surface area contributed by atoms with Gasteiger partial charge in [-0.2, -0.15) is 0 Å². The predicted octanol–water partition coefficient (Wildman–Crippen LogP) is 3.66. The molecule has 24 heavy (non-hydrogen) atoms. The number of fused-ring (bicyclic) bond motifs is 1. The number of nitrogens with one attached hydrogen (secondary N) is 1. The number of esters is 1. The summed E-state index contributed by atoms with van der Waals surface area (Å²) in [7, 11) is 0. The first-order chi connectivity index (χ1) is 11.7. The average molecular weight is 320 g/mol. The summed E-state index contributed by atoms with van der Waals surface area (Å²) in [5, 5.41) is 4.52. The normalized spacial score (nSPS) is 10.4. The van der Waals surface area contributed by atoms with Gasteiger partial charge in [-0.25, -0.2) is 9.78 Å². The Bertz CT molecular complexity index is 901. The molecule has 5 nitrogen and oxygen atoms in total. The summed E-state index contributed by atoms with van der Waals surface area (Å²) >= 11 is 0. The molecule has 0 aliphatic heterocycles. The molecule has 0 spiro atoms. The fourth-order valence-corrected chi connectivity index (χ4v) is 2.48. The fraction of sp³-hybridized carbons (Fsp3) is 0.105. The SMILES string of the molecule is CCOC(=O)c1cccnc1NC(=O)c1cccc2ccccc12. The molecule has 0 saturated heterocycles. The van der Waals surface area contributed by atoms with Crippen LogP contribution in [-0.2, 0) is 4.74 Å². The summed E-state index contributed by atoms with van der Waals surface area (Å²) in [6, 6.07) is 16.3. The van der Waals surface area contributed by atoms with E-state index in [1.807, 2.05) is 36.4 Å². The number of pyridine rings is 1. The molecule has 0 fully saturated rings. The molecule has 0 unspecified atom stereocenters. The maximum Gasteiger partial charge on any atom is 0.341 e. The van der Waals surface area contributed by atoms with E-state index < -0.39 is 5.97 Å². The number of amides is 1. The molecule has 0 radical (unpaired) electrons. The molecule has 1 aromatic heterocycles. The lowest BCUT2D eigenvalue weighted by Gasteiger charge is -2.10. The number of carbonyl (C=O) groups excluding carboxylic acids is 2. The van der Waals surface area contributed by atoms with Crippen LogP contribution in [0.15, 0.2) is 60.8 Å². The van der Waals surface area contributed by atoms with Crippen LogP contribution in [-0.4, -0.2) is 23.5 Å². The summed E-state index contributed by atoms with van der Waals surface area (Å²) in [6.45, 7) is 1.98. The molecule has 120 valence electrons. The number of nitrogens with zero attached hydrogens (tertiary/aromatic N) is 1. The Hall–Kier alpha value is -3.21. The standard InChI is InChI=1S/C19H16N2O3/c1-2-24-19(23)16-11-6-12-20-17(16)21-18(22)15-10-5-8-13-7-3-4-9-14(13)15/h3-12H,2H2,1H3,(H,20,21,22). The van der Waals surface area contributed by atoms with Crippen molar-refractivity contribution in [3.63, 3.8) is 0 Å². The van der Waals surface area contributed by atoms with E-state index >= 15 is 0 Å². The Balaban J connectivity index is 1.94. The van der Waals surface area contributed by atoms with Crippen LogP contribution in [0.5, 0.6) is 0 Å². The summed E-state index contributed by atoms with van der Waals surface area (Å²) in [6.07, 6.45) is 1.52. The highest BCUT2D eigenvalue weighted by Gasteiger charge is 2.17. The van der Waals surface area contributed by atoms with Gasteiger partial charge >= 0.3 is 5.97 Å². The van der Waals surface area contributed by atoms with Crippen LogP contribution in [0, 0.1) is 0 Å². The third kappa shape index (κ3) is 3.10. The number of ether oxygens (including phenoxy) is 1. The minimum atomic E-state index is -0.515. The van der Waals surface area contributed by atoms with Crippen molar-refractivity contribution in [1.82, 2.24) is 4.98 Å². The molecule has 0 saturated carbocycles. The van der Waals surface area contributed by atoms with E-state index in [2.05, 4.69) is 10.3 Å². The van der Waals surface area contributed by atoms with Crippen LogP contribution in [0.3, 0.4) is 0 Å². The van der Waals surface area contributed by atoms with Crippen LogP contribution in [0.4, 0.5) is 5.82 Å². The predicted molar refractivity (Wildman–Crippen MR) is 92.1 cm³/mol. The Labute approximate surface area is 139 Å². The smallest absolute Gasteiger partial charge is 0.341 e. The van der Waals surface area contributed by atoms with Crippen molar-refractivity contribution in [3.8, 4) is 0 Å². The quantitative estimate of drug-likeness (QED) is 0.745. The first-order valence-electron chi connectivity index (χ1n) is 7.62. The number of hydrogen-bond donors (Lipinski definition) is 1. The second-order valence-corrected chi connectivity index (χ2v) is 5.10. The van der Waals surface area contributed by atoms with Gasteiger partial charge < -0.3 is 10.1 Å². The Morgan fingerprint density at radius 1 is 1.00 bits per heavy atom. The van der Waals surface area contributed by atoms with Crippen molar-refractivity contribution in [2.24, 2.45) is 0 Å². The van der Waals surface area contributed by atoms with Crippen LogP contribution >= 0.6 is 0 Å². The molecule has 0 aliphatic carbocycles. The van der Waals surface area contributed by atoms with Gasteiger partial charge in [0.15, 0.2) is 0 Å².